The molecule has 15 heavy (non-hydrogen) atoms. The van der Waals surface area contributed by atoms with Gasteiger partial charge in [-0.05, 0) is 19.8 Å². The quantitative estimate of drug-likeness (QED) is 0.630. The van der Waals surface area contributed by atoms with Crippen LogP contribution in [0.15, 0.2) is 17.1 Å². The van der Waals surface area contributed by atoms with Crippen molar-refractivity contribution >= 4 is 0 Å². The van der Waals surface area contributed by atoms with E-state index in [-0.39, 0.29) is 17.4 Å². The Bertz CT molecular complexity index is 456. The topological polar surface area (TPSA) is 53.4 Å². The van der Waals surface area contributed by atoms with E-state index in [0.717, 1.165) is 12.8 Å². The second-order valence-electron chi connectivity index (χ2n) is 4.31. The van der Waals surface area contributed by atoms with Crippen LogP contribution in [0.2, 0.25) is 0 Å². The van der Waals surface area contributed by atoms with Gasteiger partial charge in [-0.25, -0.2) is 0 Å². The van der Waals surface area contributed by atoms with Gasteiger partial charge in [0.15, 0.2) is 0 Å². The molecule has 0 saturated carbocycles. The van der Waals surface area contributed by atoms with Crippen molar-refractivity contribution in [1.82, 2.24) is 9.55 Å². The van der Waals surface area contributed by atoms with Crippen LogP contribution >= 0.6 is 0 Å². The molecular weight excluding hydrogens is 196 g/mol. The molecule has 5 heteroatoms. The molecule has 1 aromatic heterocycles. The third-order valence-electron chi connectivity index (χ3n) is 2.96. The van der Waals surface area contributed by atoms with E-state index in [1.54, 1.807) is 10.8 Å². The van der Waals surface area contributed by atoms with Crippen LogP contribution in [0.5, 0.6) is 6.01 Å². The van der Waals surface area contributed by atoms with Gasteiger partial charge in [0.1, 0.15) is 18.4 Å². The maximum absolute atomic E-state index is 11.1. The molecule has 5 nitrogen and oxygen atoms in total. The van der Waals surface area contributed by atoms with Gasteiger partial charge in [-0.15, -0.1) is 0 Å². The number of hydrogen-bond donors (Lipinski definition) is 0. The largest absolute Gasteiger partial charge is 0.461 e. The van der Waals surface area contributed by atoms with Crippen LogP contribution in [0.1, 0.15) is 26.0 Å². The summed E-state index contributed by atoms with van der Waals surface area (Å²) < 4.78 is 13.2. The molecule has 1 aromatic rings. The summed E-state index contributed by atoms with van der Waals surface area (Å²) >= 11 is 0. The van der Waals surface area contributed by atoms with Crippen LogP contribution < -0.4 is 10.3 Å². The molecule has 0 spiro atoms. The number of nitrogens with zero attached hydrogens (tertiary/aromatic N) is 2. The third kappa shape index (κ3) is 1.34. The minimum absolute atomic E-state index is 0.0411. The van der Waals surface area contributed by atoms with E-state index < -0.39 is 0 Å². The van der Waals surface area contributed by atoms with Gasteiger partial charge in [0.25, 0.3) is 5.56 Å². The third-order valence-corrected chi connectivity index (χ3v) is 2.96. The lowest BCUT2D eigenvalue weighted by Gasteiger charge is -2.20. The van der Waals surface area contributed by atoms with Gasteiger partial charge in [0.05, 0.1) is 0 Å². The summed E-state index contributed by atoms with van der Waals surface area (Å²) in [7, 11) is 0. The van der Waals surface area contributed by atoms with Crippen molar-refractivity contribution in [2.24, 2.45) is 0 Å². The smallest absolute Gasteiger partial charge is 0.301 e. The Morgan fingerprint density at radius 1 is 1.67 bits per heavy atom. The monoisotopic (exact) mass is 208 g/mol. The maximum atomic E-state index is 11.1. The Labute approximate surface area is 86.6 Å². The number of ether oxygens (including phenoxy) is 2. The highest BCUT2D eigenvalue weighted by atomic mass is 16.6. The first kappa shape index (κ1) is 8.91. The number of hydrogen-bond acceptors (Lipinski definition) is 4. The Kier molecular flexibility index (Phi) is 1.68. The number of rotatable bonds is 0. The van der Waals surface area contributed by atoms with Crippen molar-refractivity contribution in [3.63, 3.8) is 0 Å². The maximum Gasteiger partial charge on any atom is 0.301 e. The first-order valence-electron chi connectivity index (χ1n) is 5.06. The summed E-state index contributed by atoms with van der Waals surface area (Å²) in [5.74, 6) is 0. The molecule has 3 heterocycles. The SMILES string of the molecule is C[C@@]12CC[C@@H](O1)n1ccc(=O)nc1OC2. The molecule has 1 saturated heterocycles. The second kappa shape index (κ2) is 2.82. The van der Waals surface area contributed by atoms with Crippen molar-refractivity contribution in [1.29, 1.82) is 0 Å². The zero-order valence-corrected chi connectivity index (χ0v) is 8.47. The van der Waals surface area contributed by atoms with Crippen molar-refractivity contribution in [3.05, 3.63) is 22.6 Å². The predicted molar refractivity (Wildman–Crippen MR) is 51.8 cm³/mol. The van der Waals surface area contributed by atoms with E-state index in [4.69, 9.17) is 9.47 Å². The van der Waals surface area contributed by atoms with Crippen LogP contribution in [0.4, 0.5) is 0 Å². The molecule has 2 aliphatic rings. The molecule has 2 bridgehead atoms. The summed E-state index contributed by atoms with van der Waals surface area (Å²) in [5, 5.41) is 0. The number of aromatic nitrogens is 2. The molecule has 2 atom stereocenters. The van der Waals surface area contributed by atoms with Gasteiger partial charge in [-0.2, -0.15) is 4.98 Å². The van der Waals surface area contributed by atoms with Crippen LogP contribution in [0.3, 0.4) is 0 Å². The summed E-state index contributed by atoms with van der Waals surface area (Å²) in [6.07, 6.45) is 3.56. The fourth-order valence-electron chi connectivity index (χ4n) is 2.12. The first-order chi connectivity index (χ1) is 7.16. The molecule has 0 radical (unpaired) electrons. The van der Waals surface area contributed by atoms with Gasteiger partial charge in [-0.3, -0.25) is 9.36 Å². The molecule has 0 unspecified atom stereocenters. The molecule has 2 aliphatic heterocycles. The molecule has 1 fully saturated rings. The van der Waals surface area contributed by atoms with E-state index >= 15 is 0 Å². The van der Waals surface area contributed by atoms with Crippen LogP contribution in [0.25, 0.3) is 0 Å². The Balaban J connectivity index is 2.10. The average molecular weight is 208 g/mol. The minimum Gasteiger partial charge on any atom is -0.461 e. The normalized spacial score (nSPS) is 33.0. The van der Waals surface area contributed by atoms with E-state index in [0.29, 0.717) is 12.6 Å². The Hall–Kier alpha value is -1.36. The van der Waals surface area contributed by atoms with E-state index in [1.165, 1.54) is 6.07 Å². The zero-order valence-electron chi connectivity index (χ0n) is 8.47. The Morgan fingerprint density at radius 2 is 2.53 bits per heavy atom. The lowest BCUT2D eigenvalue weighted by molar-refractivity contribution is -0.0626. The molecule has 3 rings (SSSR count). The van der Waals surface area contributed by atoms with E-state index in [1.807, 2.05) is 6.92 Å². The van der Waals surface area contributed by atoms with Crippen molar-refractivity contribution < 1.29 is 9.47 Å². The van der Waals surface area contributed by atoms with E-state index in [2.05, 4.69) is 4.98 Å². The van der Waals surface area contributed by atoms with Crippen molar-refractivity contribution in [2.75, 3.05) is 6.61 Å². The van der Waals surface area contributed by atoms with Gasteiger partial charge < -0.3 is 9.47 Å². The van der Waals surface area contributed by atoms with Crippen LogP contribution in [0, 0.1) is 0 Å². The summed E-state index contributed by atoms with van der Waals surface area (Å²) in [5.41, 5.74) is -0.509. The lowest BCUT2D eigenvalue weighted by Crippen LogP contribution is -2.30. The fraction of sp³-hybridized carbons (Fsp3) is 0.600. The first-order valence-corrected chi connectivity index (χ1v) is 5.06. The van der Waals surface area contributed by atoms with Crippen molar-refractivity contribution in [2.45, 2.75) is 31.6 Å². The molecule has 0 aromatic carbocycles. The van der Waals surface area contributed by atoms with Gasteiger partial charge in [0.2, 0.25) is 0 Å². The highest BCUT2D eigenvalue weighted by Gasteiger charge is 2.41. The van der Waals surface area contributed by atoms with E-state index in [9.17, 15) is 4.79 Å². The predicted octanol–water partition coefficient (Wildman–Crippen LogP) is 0.703. The zero-order chi connectivity index (χ0) is 10.5. The number of fused-ring (bicyclic) bond motifs is 4. The summed E-state index contributed by atoms with van der Waals surface area (Å²) in [4.78, 5) is 14.9. The molecule has 0 aliphatic carbocycles. The summed E-state index contributed by atoms with van der Waals surface area (Å²) in [6.45, 7) is 2.48. The lowest BCUT2D eigenvalue weighted by atomic mass is 10.0. The Morgan fingerprint density at radius 3 is 3.40 bits per heavy atom. The van der Waals surface area contributed by atoms with Gasteiger partial charge in [0, 0.05) is 12.3 Å². The molecular formula is C10H12N2O3. The molecule has 0 amide bonds. The highest BCUT2D eigenvalue weighted by Crippen LogP contribution is 2.39. The van der Waals surface area contributed by atoms with Crippen LogP contribution in [-0.2, 0) is 4.74 Å². The minimum atomic E-state index is -0.274. The van der Waals surface area contributed by atoms with Gasteiger partial charge in [-0.1, -0.05) is 0 Å². The highest BCUT2D eigenvalue weighted by molar-refractivity contribution is 5.04. The van der Waals surface area contributed by atoms with Crippen molar-refractivity contribution in [3.8, 4) is 6.01 Å². The fourth-order valence-corrected chi connectivity index (χ4v) is 2.12. The second-order valence-corrected chi connectivity index (χ2v) is 4.31. The molecule has 0 N–H and O–H groups in total. The average Bonchev–Trinajstić information content (AvgIpc) is 2.52. The molecule has 80 valence electrons. The summed E-state index contributed by atoms with van der Waals surface area (Å²) in [6, 6.07) is 1.80. The standard InChI is InChI=1S/C10H12N2O3/c1-10-4-2-8(15-10)12-5-3-7(13)11-9(12)14-6-10/h3,5,8H,2,4,6H2,1H3/t8-,10+/m1/s1. The van der Waals surface area contributed by atoms with Gasteiger partial charge >= 0.3 is 6.01 Å². The van der Waals surface area contributed by atoms with Crippen LogP contribution in [-0.4, -0.2) is 21.8 Å².